The fraction of sp³-hybridized carbons (Fsp3) is 0.118. The van der Waals surface area contributed by atoms with Crippen molar-refractivity contribution < 1.29 is 0 Å². The maximum absolute atomic E-state index is 4.36. The molecule has 0 aliphatic rings. The molecule has 0 atom stereocenters. The summed E-state index contributed by atoms with van der Waals surface area (Å²) in [6.07, 6.45) is 11.5. The molecule has 0 saturated carbocycles. The average Bonchev–Trinajstić information content (AvgIpc) is 3.05. The largest absolute Gasteiger partial charge is 0.349 e. The van der Waals surface area contributed by atoms with E-state index in [1.165, 1.54) is 6.33 Å². The molecule has 118 valence electrons. The molecule has 4 heterocycles. The van der Waals surface area contributed by atoms with Crippen LogP contribution in [0.2, 0.25) is 0 Å². The number of hydrogen-bond donors (Lipinski definition) is 2. The number of hydrogen-bond acceptors (Lipinski definition) is 6. The molecule has 0 aliphatic carbocycles. The summed E-state index contributed by atoms with van der Waals surface area (Å²) in [5.74, 6) is 0.590. The van der Waals surface area contributed by atoms with Gasteiger partial charge >= 0.3 is 0 Å². The predicted octanol–water partition coefficient (Wildman–Crippen LogP) is 2.35. The minimum atomic E-state index is 0.590. The Bertz CT molecular complexity index is 932. The molecule has 0 fully saturated rings. The number of aromatic amines is 1. The standard InChI is InChI=1S/C17H15N7/c1-2-4-19-14(3-1)9-23-17-21-6-12(7-22-17)5-13-8-20-16-15(13)10-18-11-24-16/h1-4,6-8,10-11H,5,9H2,(H,18,20,24)(H,21,22,23). The molecule has 0 aliphatic heterocycles. The molecule has 0 unspecified atom stereocenters. The van der Waals surface area contributed by atoms with Crippen LogP contribution in [0.1, 0.15) is 16.8 Å². The Labute approximate surface area is 138 Å². The van der Waals surface area contributed by atoms with Crippen LogP contribution in [-0.4, -0.2) is 29.9 Å². The highest BCUT2D eigenvalue weighted by Crippen LogP contribution is 2.18. The molecular formula is C17H15N7. The number of pyridine rings is 1. The van der Waals surface area contributed by atoms with Crippen LogP contribution in [0.3, 0.4) is 0 Å². The van der Waals surface area contributed by atoms with E-state index in [1.807, 2.05) is 43.0 Å². The fourth-order valence-corrected chi connectivity index (χ4v) is 2.49. The van der Waals surface area contributed by atoms with Crippen molar-refractivity contribution in [1.82, 2.24) is 29.9 Å². The summed E-state index contributed by atoms with van der Waals surface area (Å²) >= 11 is 0. The van der Waals surface area contributed by atoms with Gasteiger partial charge in [-0.1, -0.05) is 6.07 Å². The van der Waals surface area contributed by atoms with Gasteiger partial charge in [0.15, 0.2) is 0 Å². The molecular weight excluding hydrogens is 302 g/mol. The highest BCUT2D eigenvalue weighted by atomic mass is 15.1. The van der Waals surface area contributed by atoms with Gasteiger partial charge in [-0.3, -0.25) is 4.98 Å². The van der Waals surface area contributed by atoms with E-state index in [2.05, 4.69) is 35.2 Å². The third-order valence-corrected chi connectivity index (χ3v) is 3.69. The summed E-state index contributed by atoms with van der Waals surface area (Å²) in [6.45, 7) is 0.597. The van der Waals surface area contributed by atoms with Crippen LogP contribution in [0, 0.1) is 0 Å². The Kier molecular flexibility index (Phi) is 3.81. The second-order valence-electron chi connectivity index (χ2n) is 5.37. The lowest BCUT2D eigenvalue weighted by Gasteiger charge is -2.05. The van der Waals surface area contributed by atoms with Crippen LogP contribution >= 0.6 is 0 Å². The molecule has 4 rings (SSSR count). The van der Waals surface area contributed by atoms with Crippen molar-refractivity contribution in [3.63, 3.8) is 0 Å². The Morgan fingerprint density at radius 3 is 2.75 bits per heavy atom. The van der Waals surface area contributed by atoms with Crippen molar-refractivity contribution in [1.29, 1.82) is 0 Å². The highest BCUT2D eigenvalue weighted by Gasteiger charge is 2.06. The molecule has 4 aromatic rings. The summed E-state index contributed by atoms with van der Waals surface area (Å²) in [7, 11) is 0. The quantitative estimate of drug-likeness (QED) is 0.587. The Morgan fingerprint density at radius 2 is 1.92 bits per heavy atom. The number of rotatable bonds is 5. The van der Waals surface area contributed by atoms with Gasteiger partial charge in [0.05, 0.1) is 12.2 Å². The average molecular weight is 317 g/mol. The summed E-state index contributed by atoms with van der Waals surface area (Å²) in [6, 6.07) is 5.81. The van der Waals surface area contributed by atoms with Crippen LogP contribution < -0.4 is 5.32 Å². The summed E-state index contributed by atoms with van der Waals surface area (Å²) in [4.78, 5) is 24.4. The van der Waals surface area contributed by atoms with Crippen LogP contribution in [0.5, 0.6) is 0 Å². The number of anilines is 1. The third kappa shape index (κ3) is 3.05. The SMILES string of the molecule is c1ccc(CNc2ncc(Cc3c[nH]c4ncncc34)cn2)nc1. The van der Waals surface area contributed by atoms with E-state index in [0.29, 0.717) is 12.5 Å². The van der Waals surface area contributed by atoms with Gasteiger partial charge in [-0.2, -0.15) is 0 Å². The van der Waals surface area contributed by atoms with Gasteiger partial charge in [0.25, 0.3) is 0 Å². The summed E-state index contributed by atoms with van der Waals surface area (Å²) in [5, 5.41) is 4.19. The van der Waals surface area contributed by atoms with Crippen molar-refractivity contribution in [2.45, 2.75) is 13.0 Å². The summed E-state index contributed by atoms with van der Waals surface area (Å²) < 4.78 is 0. The van der Waals surface area contributed by atoms with E-state index >= 15 is 0 Å². The molecule has 0 bridgehead atoms. The van der Waals surface area contributed by atoms with Gasteiger partial charge in [-0.25, -0.2) is 19.9 Å². The lowest BCUT2D eigenvalue weighted by Crippen LogP contribution is -2.05. The van der Waals surface area contributed by atoms with Crippen molar-refractivity contribution in [3.8, 4) is 0 Å². The molecule has 7 heteroatoms. The first-order valence-electron chi connectivity index (χ1n) is 7.59. The van der Waals surface area contributed by atoms with Crippen molar-refractivity contribution in [2.75, 3.05) is 5.32 Å². The minimum absolute atomic E-state index is 0.590. The van der Waals surface area contributed by atoms with Crippen molar-refractivity contribution in [2.24, 2.45) is 0 Å². The van der Waals surface area contributed by atoms with E-state index in [1.54, 1.807) is 6.20 Å². The van der Waals surface area contributed by atoms with Gasteiger partial charge < -0.3 is 10.3 Å². The molecule has 4 aromatic heterocycles. The van der Waals surface area contributed by atoms with E-state index in [0.717, 1.165) is 34.3 Å². The van der Waals surface area contributed by atoms with Gasteiger partial charge in [0.2, 0.25) is 5.95 Å². The number of nitrogens with zero attached hydrogens (tertiary/aromatic N) is 5. The van der Waals surface area contributed by atoms with Crippen LogP contribution in [0.4, 0.5) is 5.95 Å². The monoisotopic (exact) mass is 317 g/mol. The highest BCUT2D eigenvalue weighted by molar-refractivity contribution is 5.78. The zero-order valence-electron chi connectivity index (χ0n) is 12.8. The van der Waals surface area contributed by atoms with Gasteiger partial charge in [0, 0.05) is 42.8 Å². The minimum Gasteiger partial charge on any atom is -0.349 e. The molecule has 0 amide bonds. The third-order valence-electron chi connectivity index (χ3n) is 3.69. The smallest absolute Gasteiger partial charge is 0.222 e. The molecule has 0 radical (unpaired) electrons. The molecule has 7 nitrogen and oxygen atoms in total. The first-order chi connectivity index (χ1) is 11.9. The first kappa shape index (κ1) is 14.3. The molecule has 24 heavy (non-hydrogen) atoms. The van der Waals surface area contributed by atoms with Crippen LogP contribution in [-0.2, 0) is 13.0 Å². The first-order valence-corrected chi connectivity index (χ1v) is 7.59. The topological polar surface area (TPSA) is 92.3 Å². The number of H-pyrrole nitrogens is 1. The maximum Gasteiger partial charge on any atom is 0.222 e. The second-order valence-corrected chi connectivity index (χ2v) is 5.37. The Balaban J connectivity index is 1.44. The zero-order chi connectivity index (χ0) is 16.2. The van der Waals surface area contributed by atoms with E-state index < -0.39 is 0 Å². The Morgan fingerprint density at radius 1 is 1.00 bits per heavy atom. The van der Waals surface area contributed by atoms with Crippen LogP contribution in [0.25, 0.3) is 11.0 Å². The maximum atomic E-state index is 4.36. The molecule has 0 spiro atoms. The fourth-order valence-electron chi connectivity index (χ4n) is 2.49. The van der Waals surface area contributed by atoms with E-state index in [9.17, 15) is 0 Å². The van der Waals surface area contributed by atoms with Crippen molar-refractivity contribution >= 4 is 17.0 Å². The van der Waals surface area contributed by atoms with Gasteiger partial charge in [0.1, 0.15) is 12.0 Å². The van der Waals surface area contributed by atoms with Crippen molar-refractivity contribution in [3.05, 3.63) is 72.3 Å². The molecule has 2 N–H and O–H groups in total. The molecule has 0 saturated heterocycles. The summed E-state index contributed by atoms with van der Waals surface area (Å²) in [5.41, 5.74) is 3.95. The zero-order valence-corrected chi connectivity index (χ0v) is 12.8. The second kappa shape index (κ2) is 6.41. The van der Waals surface area contributed by atoms with E-state index in [-0.39, 0.29) is 0 Å². The number of nitrogens with one attached hydrogen (secondary N) is 2. The van der Waals surface area contributed by atoms with Gasteiger partial charge in [-0.05, 0) is 23.3 Å². The Hall–Kier alpha value is -3.35. The normalized spacial score (nSPS) is 10.8. The predicted molar refractivity (Wildman–Crippen MR) is 90.3 cm³/mol. The number of aromatic nitrogens is 6. The van der Waals surface area contributed by atoms with Gasteiger partial charge in [-0.15, -0.1) is 0 Å². The van der Waals surface area contributed by atoms with E-state index in [4.69, 9.17) is 0 Å². The van der Waals surface area contributed by atoms with Crippen LogP contribution in [0.15, 0.2) is 55.5 Å². The molecule has 0 aromatic carbocycles. The lowest BCUT2D eigenvalue weighted by atomic mass is 10.1. The number of fused-ring (bicyclic) bond motifs is 1. The lowest BCUT2D eigenvalue weighted by molar-refractivity contribution is 0.988.